The van der Waals surface area contributed by atoms with Crippen molar-refractivity contribution in [3.63, 3.8) is 0 Å². The van der Waals surface area contributed by atoms with Gasteiger partial charge in [-0.1, -0.05) is 0 Å². The number of carbonyl (C=O) groups is 1. The lowest BCUT2D eigenvalue weighted by Gasteiger charge is -2.31. The summed E-state index contributed by atoms with van der Waals surface area (Å²) < 4.78 is 28.0. The molecule has 21 heavy (non-hydrogen) atoms. The van der Waals surface area contributed by atoms with Crippen molar-refractivity contribution >= 4 is 43.3 Å². The van der Waals surface area contributed by atoms with Gasteiger partial charge in [0.15, 0.2) is 0 Å². The number of carboxylic acids is 1. The molecule has 2 heterocycles. The van der Waals surface area contributed by atoms with Gasteiger partial charge in [0.05, 0.1) is 3.79 Å². The predicted molar refractivity (Wildman–Crippen MR) is 85.1 cm³/mol. The molecule has 1 atom stereocenters. The molecule has 1 saturated heterocycles. The SMILES string of the molecule is Cc1cc(S(=O)(=O)N2CCCC(CCC(=O)O)C2)sc1Br. The Morgan fingerprint density at radius 1 is 1.57 bits per heavy atom. The van der Waals surface area contributed by atoms with E-state index in [-0.39, 0.29) is 12.3 Å². The molecular formula is C13H18BrNO4S2. The number of sulfonamides is 1. The number of hydrogen-bond acceptors (Lipinski definition) is 4. The molecule has 2 rings (SSSR count). The van der Waals surface area contributed by atoms with Crippen molar-refractivity contribution in [1.29, 1.82) is 0 Å². The Morgan fingerprint density at radius 2 is 2.29 bits per heavy atom. The maximum Gasteiger partial charge on any atom is 0.303 e. The van der Waals surface area contributed by atoms with E-state index in [4.69, 9.17) is 5.11 Å². The van der Waals surface area contributed by atoms with E-state index in [9.17, 15) is 13.2 Å². The molecule has 1 aliphatic heterocycles. The Morgan fingerprint density at radius 3 is 2.86 bits per heavy atom. The van der Waals surface area contributed by atoms with Crippen molar-refractivity contribution in [2.24, 2.45) is 5.92 Å². The van der Waals surface area contributed by atoms with E-state index in [1.165, 1.54) is 15.6 Å². The van der Waals surface area contributed by atoms with E-state index in [0.29, 0.717) is 23.7 Å². The summed E-state index contributed by atoms with van der Waals surface area (Å²) >= 11 is 4.58. The summed E-state index contributed by atoms with van der Waals surface area (Å²) in [6.45, 7) is 2.80. The summed E-state index contributed by atoms with van der Waals surface area (Å²) in [5, 5.41) is 8.75. The topological polar surface area (TPSA) is 74.7 Å². The number of thiophene rings is 1. The van der Waals surface area contributed by atoms with Crippen molar-refractivity contribution in [3.05, 3.63) is 15.4 Å². The first-order valence-electron chi connectivity index (χ1n) is 6.78. The normalized spacial score (nSPS) is 20.6. The summed E-state index contributed by atoms with van der Waals surface area (Å²) in [6.07, 6.45) is 2.32. The Hall–Kier alpha value is -0.440. The highest BCUT2D eigenvalue weighted by Crippen LogP contribution is 2.34. The molecule has 1 unspecified atom stereocenters. The smallest absolute Gasteiger partial charge is 0.303 e. The van der Waals surface area contributed by atoms with Crippen LogP contribution in [0, 0.1) is 12.8 Å². The minimum atomic E-state index is -3.46. The van der Waals surface area contributed by atoms with Gasteiger partial charge in [0.25, 0.3) is 10.0 Å². The molecule has 1 aromatic heterocycles. The first-order valence-corrected chi connectivity index (χ1v) is 9.83. The predicted octanol–water partition coefficient (Wildman–Crippen LogP) is 3.08. The average molecular weight is 396 g/mol. The third kappa shape index (κ3) is 4.06. The van der Waals surface area contributed by atoms with Crippen LogP contribution in [-0.2, 0) is 14.8 Å². The fourth-order valence-corrected chi connectivity index (χ4v) is 6.43. The van der Waals surface area contributed by atoms with Gasteiger partial charge in [0.2, 0.25) is 0 Å². The first kappa shape index (κ1) is 16.9. The van der Waals surface area contributed by atoms with Crippen LogP contribution in [-0.4, -0.2) is 36.9 Å². The molecule has 1 aromatic rings. The molecule has 0 saturated carbocycles. The van der Waals surface area contributed by atoms with Crippen LogP contribution in [0.3, 0.4) is 0 Å². The largest absolute Gasteiger partial charge is 0.481 e. The molecular weight excluding hydrogens is 378 g/mol. The monoisotopic (exact) mass is 395 g/mol. The molecule has 0 amide bonds. The van der Waals surface area contributed by atoms with Crippen LogP contribution in [0.4, 0.5) is 0 Å². The number of piperidine rings is 1. The zero-order valence-electron chi connectivity index (χ0n) is 11.7. The Balaban J connectivity index is 2.11. The van der Waals surface area contributed by atoms with Gasteiger partial charge >= 0.3 is 5.97 Å². The van der Waals surface area contributed by atoms with Gasteiger partial charge in [0.1, 0.15) is 4.21 Å². The summed E-state index contributed by atoms with van der Waals surface area (Å²) in [6, 6.07) is 1.69. The highest BCUT2D eigenvalue weighted by Gasteiger charge is 2.31. The van der Waals surface area contributed by atoms with Crippen molar-refractivity contribution in [1.82, 2.24) is 4.31 Å². The second kappa shape index (κ2) is 6.76. The van der Waals surface area contributed by atoms with E-state index >= 15 is 0 Å². The number of aliphatic carboxylic acids is 1. The van der Waals surface area contributed by atoms with Crippen LogP contribution < -0.4 is 0 Å². The van der Waals surface area contributed by atoms with E-state index in [1.54, 1.807) is 6.07 Å². The lowest BCUT2D eigenvalue weighted by atomic mass is 9.95. The van der Waals surface area contributed by atoms with Crippen molar-refractivity contribution in [2.75, 3.05) is 13.1 Å². The van der Waals surface area contributed by atoms with Gasteiger partial charge in [-0.3, -0.25) is 4.79 Å². The van der Waals surface area contributed by atoms with Crippen LogP contribution in [0.2, 0.25) is 0 Å². The molecule has 0 aliphatic carbocycles. The van der Waals surface area contributed by atoms with Crippen molar-refractivity contribution < 1.29 is 18.3 Å². The molecule has 0 aromatic carbocycles. The van der Waals surface area contributed by atoms with E-state index in [1.807, 2.05) is 6.92 Å². The molecule has 118 valence electrons. The third-order valence-electron chi connectivity index (χ3n) is 3.68. The van der Waals surface area contributed by atoms with Crippen LogP contribution in [0.15, 0.2) is 14.1 Å². The molecule has 0 bridgehead atoms. The fraction of sp³-hybridized carbons (Fsp3) is 0.615. The van der Waals surface area contributed by atoms with Crippen molar-refractivity contribution in [2.45, 2.75) is 36.8 Å². The lowest BCUT2D eigenvalue weighted by molar-refractivity contribution is -0.137. The minimum Gasteiger partial charge on any atom is -0.481 e. The second-order valence-electron chi connectivity index (χ2n) is 5.33. The minimum absolute atomic E-state index is 0.0994. The number of rotatable bonds is 5. The zero-order valence-corrected chi connectivity index (χ0v) is 14.9. The van der Waals surface area contributed by atoms with Crippen LogP contribution in [0.5, 0.6) is 0 Å². The molecule has 1 aliphatic rings. The maximum atomic E-state index is 12.6. The number of carboxylic acid groups (broad SMARTS) is 1. The summed E-state index contributed by atoms with van der Waals surface area (Å²) in [5.41, 5.74) is 0.915. The maximum absolute atomic E-state index is 12.6. The van der Waals surface area contributed by atoms with E-state index in [2.05, 4.69) is 15.9 Å². The molecule has 1 N–H and O–H groups in total. The Kier molecular flexibility index (Phi) is 5.45. The molecule has 1 fully saturated rings. The van der Waals surface area contributed by atoms with E-state index < -0.39 is 16.0 Å². The number of aryl methyl sites for hydroxylation is 1. The van der Waals surface area contributed by atoms with Crippen LogP contribution in [0.1, 0.15) is 31.2 Å². The Labute approximate surface area is 137 Å². The average Bonchev–Trinajstić information content (AvgIpc) is 2.77. The van der Waals surface area contributed by atoms with Gasteiger partial charge in [-0.15, -0.1) is 11.3 Å². The summed E-state index contributed by atoms with van der Waals surface area (Å²) in [5.74, 6) is -0.693. The second-order valence-corrected chi connectivity index (χ2v) is 9.86. The first-order chi connectivity index (χ1) is 9.80. The van der Waals surface area contributed by atoms with Crippen LogP contribution >= 0.6 is 27.3 Å². The van der Waals surface area contributed by atoms with Gasteiger partial charge in [-0.25, -0.2) is 8.42 Å². The third-order valence-corrected chi connectivity index (χ3v) is 8.13. The molecule has 0 radical (unpaired) electrons. The van der Waals surface area contributed by atoms with Crippen molar-refractivity contribution in [3.8, 4) is 0 Å². The number of halogens is 1. The van der Waals surface area contributed by atoms with E-state index in [0.717, 1.165) is 22.2 Å². The van der Waals surface area contributed by atoms with Gasteiger partial charge in [-0.2, -0.15) is 4.31 Å². The molecule has 5 nitrogen and oxygen atoms in total. The quantitative estimate of drug-likeness (QED) is 0.830. The highest BCUT2D eigenvalue weighted by atomic mass is 79.9. The number of nitrogens with zero attached hydrogens (tertiary/aromatic N) is 1. The summed E-state index contributed by atoms with van der Waals surface area (Å²) in [4.78, 5) is 10.6. The fourth-order valence-electron chi connectivity index (χ4n) is 2.49. The Bertz CT molecular complexity index is 607. The molecule has 0 spiro atoms. The lowest BCUT2D eigenvalue weighted by Crippen LogP contribution is -2.39. The van der Waals surface area contributed by atoms with Gasteiger partial charge < -0.3 is 5.11 Å². The standard InChI is InChI=1S/C13H18BrNO4S2/c1-9-7-12(20-13(9)14)21(18,19)15-6-2-3-10(8-15)4-5-11(16)17/h7,10H,2-6,8H2,1H3,(H,16,17). The van der Waals surface area contributed by atoms with Gasteiger partial charge in [-0.05, 0) is 59.7 Å². The zero-order chi connectivity index (χ0) is 15.6. The van der Waals surface area contributed by atoms with Crippen LogP contribution in [0.25, 0.3) is 0 Å². The highest BCUT2D eigenvalue weighted by molar-refractivity contribution is 9.11. The summed E-state index contributed by atoms with van der Waals surface area (Å²) in [7, 11) is -3.46. The molecule has 8 heteroatoms. The van der Waals surface area contributed by atoms with Gasteiger partial charge in [0, 0.05) is 19.5 Å². The number of hydrogen-bond donors (Lipinski definition) is 1.